The number of hydrogen-bond donors (Lipinski definition) is 1. The maximum Gasteiger partial charge on any atom is 0.405 e. The molecular weight excluding hydrogens is 205 g/mol. The summed E-state index contributed by atoms with van der Waals surface area (Å²) in [4.78, 5) is 1.49. The van der Waals surface area contributed by atoms with Crippen LogP contribution in [-0.4, -0.2) is 36.8 Å². The summed E-state index contributed by atoms with van der Waals surface area (Å²) in [6.07, 6.45) is -1.25. The highest BCUT2D eigenvalue weighted by Crippen LogP contribution is 2.30. The first kappa shape index (κ1) is 12.8. The van der Waals surface area contributed by atoms with E-state index in [0.29, 0.717) is 19.0 Å². The van der Waals surface area contributed by atoms with Gasteiger partial charge in [0.05, 0.1) is 0 Å². The molecule has 1 rings (SSSR count). The second kappa shape index (κ2) is 5.16. The molecule has 1 saturated heterocycles. The van der Waals surface area contributed by atoms with Crippen LogP contribution in [0.1, 0.15) is 26.2 Å². The summed E-state index contributed by atoms with van der Waals surface area (Å²) in [6, 6.07) is -1.45. The van der Waals surface area contributed by atoms with E-state index in [1.54, 1.807) is 0 Å². The Morgan fingerprint density at radius 2 is 2.13 bits per heavy atom. The molecule has 1 aliphatic rings. The average molecular weight is 224 g/mol. The van der Waals surface area contributed by atoms with Gasteiger partial charge in [-0.2, -0.15) is 13.2 Å². The van der Waals surface area contributed by atoms with Gasteiger partial charge in [0.2, 0.25) is 0 Å². The van der Waals surface area contributed by atoms with Crippen LogP contribution < -0.4 is 5.73 Å². The highest BCUT2D eigenvalue weighted by Gasteiger charge is 2.44. The maximum absolute atomic E-state index is 12.6. The molecule has 2 unspecified atom stereocenters. The van der Waals surface area contributed by atoms with Gasteiger partial charge >= 0.3 is 6.18 Å². The molecule has 90 valence electrons. The summed E-state index contributed by atoms with van der Waals surface area (Å²) in [5.74, 6) is 0.423. The van der Waals surface area contributed by atoms with Gasteiger partial charge in [0.1, 0.15) is 6.04 Å². The fraction of sp³-hybridized carbons (Fsp3) is 1.00. The van der Waals surface area contributed by atoms with Gasteiger partial charge in [-0.15, -0.1) is 0 Å². The molecule has 0 aromatic rings. The Balaban J connectivity index is 2.50. The Morgan fingerprint density at radius 3 is 2.60 bits per heavy atom. The molecule has 1 fully saturated rings. The molecule has 0 bridgehead atoms. The van der Waals surface area contributed by atoms with Crippen molar-refractivity contribution in [3.63, 3.8) is 0 Å². The van der Waals surface area contributed by atoms with E-state index in [1.807, 2.05) is 0 Å². The Hall–Kier alpha value is -0.290. The minimum absolute atomic E-state index is 0.331. The third-order valence-corrected chi connectivity index (χ3v) is 3.06. The predicted molar refractivity (Wildman–Crippen MR) is 53.5 cm³/mol. The minimum Gasteiger partial charge on any atom is -0.329 e. The molecule has 15 heavy (non-hydrogen) atoms. The van der Waals surface area contributed by atoms with Crippen molar-refractivity contribution in [3.05, 3.63) is 0 Å². The summed E-state index contributed by atoms with van der Waals surface area (Å²) >= 11 is 0. The molecule has 5 heteroatoms. The van der Waals surface area contributed by atoms with Gasteiger partial charge in [0.15, 0.2) is 0 Å². The molecular formula is C10H19F3N2. The van der Waals surface area contributed by atoms with E-state index in [4.69, 9.17) is 5.73 Å². The molecule has 1 aliphatic heterocycles. The van der Waals surface area contributed by atoms with Gasteiger partial charge in [-0.25, -0.2) is 0 Å². The molecule has 2 N–H and O–H groups in total. The highest BCUT2D eigenvalue weighted by molar-refractivity contribution is 4.86. The molecule has 2 atom stereocenters. The summed E-state index contributed by atoms with van der Waals surface area (Å²) in [5.41, 5.74) is 5.20. The molecule has 0 aromatic carbocycles. The fourth-order valence-corrected chi connectivity index (χ4v) is 2.28. The van der Waals surface area contributed by atoms with E-state index in [-0.39, 0.29) is 6.54 Å². The van der Waals surface area contributed by atoms with Crippen molar-refractivity contribution >= 4 is 0 Å². The first-order valence-corrected chi connectivity index (χ1v) is 5.49. The lowest BCUT2D eigenvalue weighted by Gasteiger charge is -2.28. The average Bonchev–Trinajstić information content (AvgIpc) is 2.52. The number of rotatable bonds is 4. The van der Waals surface area contributed by atoms with E-state index < -0.39 is 12.2 Å². The van der Waals surface area contributed by atoms with E-state index in [1.165, 1.54) is 4.90 Å². The maximum atomic E-state index is 12.6. The molecule has 0 aliphatic carbocycles. The molecule has 0 saturated carbocycles. The van der Waals surface area contributed by atoms with Gasteiger partial charge in [0, 0.05) is 13.1 Å². The Morgan fingerprint density at radius 1 is 1.47 bits per heavy atom. The fourth-order valence-electron chi connectivity index (χ4n) is 2.28. The number of halogens is 3. The number of nitrogens with zero attached hydrogens (tertiary/aromatic N) is 1. The summed E-state index contributed by atoms with van der Waals surface area (Å²) < 4.78 is 37.7. The van der Waals surface area contributed by atoms with Crippen molar-refractivity contribution in [2.45, 2.75) is 38.4 Å². The van der Waals surface area contributed by atoms with Gasteiger partial charge in [-0.05, 0) is 25.3 Å². The number of likely N-dealkylation sites (tertiary alicyclic amines) is 1. The van der Waals surface area contributed by atoms with Crippen LogP contribution >= 0.6 is 0 Å². The zero-order chi connectivity index (χ0) is 11.5. The van der Waals surface area contributed by atoms with Crippen molar-refractivity contribution in [2.24, 2.45) is 11.7 Å². The molecule has 0 aromatic heterocycles. The van der Waals surface area contributed by atoms with Gasteiger partial charge < -0.3 is 5.73 Å². The van der Waals surface area contributed by atoms with E-state index in [0.717, 1.165) is 19.3 Å². The van der Waals surface area contributed by atoms with Crippen LogP contribution in [0.4, 0.5) is 13.2 Å². The third-order valence-electron chi connectivity index (χ3n) is 3.06. The van der Waals surface area contributed by atoms with Crippen LogP contribution in [0, 0.1) is 5.92 Å². The van der Waals surface area contributed by atoms with Gasteiger partial charge in [-0.1, -0.05) is 13.3 Å². The molecule has 0 spiro atoms. The Kier molecular flexibility index (Phi) is 4.40. The molecule has 2 nitrogen and oxygen atoms in total. The van der Waals surface area contributed by atoms with E-state index >= 15 is 0 Å². The second-order valence-electron chi connectivity index (χ2n) is 4.23. The van der Waals surface area contributed by atoms with Crippen molar-refractivity contribution in [1.82, 2.24) is 4.90 Å². The predicted octanol–water partition coefficient (Wildman–Crippen LogP) is 2.00. The minimum atomic E-state index is -4.18. The first-order chi connectivity index (χ1) is 6.99. The van der Waals surface area contributed by atoms with Gasteiger partial charge in [-0.3, -0.25) is 4.90 Å². The van der Waals surface area contributed by atoms with Crippen LogP contribution in [0.2, 0.25) is 0 Å². The lowest BCUT2D eigenvalue weighted by Crippen LogP contribution is -2.49. The normalized spacial score (nSPS) is 25.8. The standard InChI is InChI=1S/C10H19F3N2/c1-2-3-8-4-5-15(7-8)9(6-14)10(11,12)13/h8-9H,2-7,14H2,1H3. The number of nitrogens with two attached hydrogens (primary N) is 1. The Bertz CT molecular complexity index is 194. The van der Waals surface area contributed by atoms with Crippen LogP contribution in [0.25, 0.3) is 0 Å². The van der Waals surface area contributed by atoms with E-state index in [9.17, 15) is 13.2 Å². The largest absolute Gasteiger partial charge is 0.405 e. The van der Waals surface area contributed by atoms with Crippen molar-refractivity contribution in [2.75, 3.05) is 19.6 Å². The van der Waals surface area contributed by atoms with Crippen LogP contribution in [0.3, 0.4) is 0 Å². The zero-order valence-electron chi connectivity index (χ0n) is 9.06. The summed E-state index contributed by atoms with van der Waals surface area (Å²) in [5, 5.41) is 0. The lowest BCUT2D eigenvalue weighted by atomic mass is 10.0. The topological polar surface area (TPSA) is 29.3 Å². The lowest BCUT2D eigenvalue weighted by molar-refractivity contribution is -0.178. The van der Waals surface area contributed by atoms with Crippen LogP contribution in [-0.2, 0) is 0 Å². The van der Waals surface area contributed by atoms with Crippen LogP contribution in [0.5, 0.6) is 0 Å². The zero-order valence-corrected chi connectivity index (χ0v) is 9.06. The van der Waals surface area contributed by atoms with Crippen LogP contribution in [0.15, 0.2) is 0 Å². The monoisotopic (exact) mass is 224 g/mol. The van der Waals surface area contributed by atoms with E-state index in [2.05, 4.69) is 6.92 Å². The first-order valence-electron chi connectivity index (χ1n) is 5.49. The molecule has 1 heterocycles. The molecule has 0 amide bonds. The smallest absolute Gasteiger partial charge is 0.329 e. The number of hydrogen-bond acceptors (Lipinski definition) is 2. The highest BCUT2D eigenvalue weighted by atomic mass is 19.4. The Labute approximate surface area is 88.6 Å². The van der Waals surface area contributed by atoms with Crippen molar-refractivity contribution < 1.29 is 13.2 Å². The third kappa shape index (κ3) is 3.34. The molecule has 0 radical (unpaired) electrons. The SMILES string of the molecule is CCCC1CCN(C(CN)C(F)(F)F)C1. The summed E-state index contributed by atoms with van der Waals surface area (Å²) in [6.45, 7) is 2.82. The van der Waals surface area contributed by atoms with Crippen molar-refractivity contribution in [1.29, 1.82) is 0 Å². The quantitative estimate of drug-likeness (QED) is 0.791. The number of alkyl halides is 3. The summed E-state index contributed by atoms with van der Waals surface area (Å²) in [7, 11) is 0. The van der Waals surface area contributed by atoms with Gasteiger partial charge in [0.25, 0.3) is 0 Å². The second-order valence-corrected chi connectivity index (χ2v) is 4.23. The van der Waals surface area contributed by atoms with Crippen molar-refractivity contribution in [3.8, 4) is 0 Å².